The van der Waals surface area contributed by atoms with Gasteiger partial charge in [-0.15, -0.1) is 0 Å². The summed E-state index contributed by atoms with van der Waals surface area (Å²) in [6.07, 6.45) is 1.27. The molecule has 3 rings (SSSR count). The molecule has 2 N–H and O–H groups in total. The van der Waals surface area contributed by atoms with Gasteiger partial charge in [-0.25, -0.2) is 8.42 Å². The first-order chi connectivity index (χ1) is 14.6. The number of ether oxygens (including phenoxy) is 1. The van der Waals surface area contributed by atoms with Gasteiger partial charge in [0, 0.05) is 24.7 Å². The molecule has 31 heavy (non-hydrogen) atoms. The maximum atomic E-state index is 13.0. The molecule has 2 aromatic carbocycles. The number of methoxy groups -OCH3 is 1. The van der Waals surface area contributed by atoms with Crippen LogP contribution in [0.15, 0.2) is 41.3 Å². The van der Waals surface area contributed by atoms with Crippen LogP contribution in [0, 0.1) is 6.92 Å². The fourth-order valence-corrected chi connectivity index (χ4v) is 4.53. The van der Waals surface area contributed by atoms with E-state index in [4.69, 9.17) is 4.74 Å². The fourth-order valence-electron chi connectivity index (χ4n) is 3.45. The Morgan fingerprint density at radius 1 is 1.16 bits per heavy atom. The molecule has 0 bridgehead atoms. The number of amides is 2. The normalized spacial score (nSPS) is 14.1. The van der Waals surface area contributed by atoms with Crippen molar-refractivity contribution in [2.24, 2.45) is 0 Å². The molecule has 9 heteroatoms. The molecule has 0 aliphatic carbocycles. The van der Waals surface area contributed by atoms with Gasteiger partial charge >= 0.3 is 0 Å². The number of hydrogen-bond acceptors (Lipinski definition) is 5. The maximum Gasteiger partial charge on any atom is 0.261 e. The maximum absolute atomic E-state index is 13.0. The van der Waals surface area contributed by atoms with E-state index in [2.05, 4.69) is 10.0 Å². The van der Waals surface area contributed by atoms with Gasteiger partial charge in [0.05, 0.1) is 23.3 Å². The number of nitrogens with zero attached hydrogens (tertiary/aromatic N) is 1. The van der Waals surface area contributed by atoms with Gasteiger partial charge in [-0.05, 0) is 63.1 Å². The first kappa shape index (κ1) is 22.6. The van der Waals surface area contributed by atoms with Crippen LogP contribution in [0.3, 0.4) is 0 Å². The van der Waals surface area contributed by atoms with E-state index in [0.29, 0.717) is 24.3 Å². The summed E-state index contributed by atoms with van der Waals surface area (Å²) in [5.74, 6) is -0.115. The zero-order valence-corrected chi connectivity index (χ0v) is 18.9. The highest BCUT2D eigenvalue weighted by molar-refractivity contribution is 7.92. The van der Waals surface area contributed by atoms with Crippen LogP contribution in [0.4, 0.5) is 11.4 Å². The zero-order chi connectivity index (χ0) is 22.8. The Hall–Kier alpha value is -3.07. The van der Waals surface area contributed by atoms with Gasteiger partial charge in [0.1, 0.15) is 5.75 Å². The highest BCUT2D eigenvalue weighted by atomic mass is 32.2. The second kappa shape index (κ2) is 8.97. The summed E-state index contributed by atoms with van der Waals surface area (Å²) in [5, 5.41) is 2.74. The molecule has 1 aliphatic heterocycles. The van der Waals surface area contributed by atoms with E-state index in [-0.39, 0.29) is 28.2 Å². The fraction of sp³-hybridized carbons (Fsp3) is 0.364. The molecular formula is C22H27N3O5S. The monoisotopic (exact) mass is 445 g/mol. The van der Waals surface area contributed by atoms with E-state index < -0.39 is 15.9 Å². The summed E-state index contributed by atoms with van der Waals surface area (Å²) < 4.78 is 33.8. The first-order valence-electron chi connectivity index (χ1n) is 10.0. The number of nitrogens with one attached hydrogen (secondary N) is 2. The highest BCUT2D eigenvalue weighted by Gasteiger charge is 2.24. The quantitative estimate of drug-likeness (QED) is 0.682. The molecule has 0 radical (unpaired) electrons. The Bertz CT molecular complexity index is 1110. The molecule has 2 amide bonds. The Labute approximate surface area is 182 Å². The average molecular weight is 446 g/mol. The lowest BCUT2D eigenvalue weighted by molar-refractivity contribution is -0.117. The number of carbonyl (C=O) groups excluding carboxylic acids is 2. The Kier molecular flexibility index (Phi) is 6.54. The van der Waals surface area contributed by atoms with E-state index in [1.165, 1.54) is 25.3 Å². The van der Waals surface area contributed by atoms with Gasteiger partial charge in [-0.1, -0.05) is 6.07 Å². The van der Waals surface area contributed by atoms with E-state index >= 15 is 0 Å². The minimum Gasteiger partial charge on any atom is -0.496 e. The van der Waals surface area contributed by atoms with Gasteiger partial charge in [-0.3, -0.25) is 14.3 Å². The van der Waals surface area contributed by atoms with Crippen molar-refractivity contribution in [1.82, 2.24) is 5.32 Å². The zero-order valence-electron chi connectivity index (χ0n) is 18.1. The molecule has 1 heterocycles. The van der Waals surface area contributed by atoms with Crippen LogP contribution in [0.2, 0.25) is 0 Å². The predicted molar refractivity (Wildman–Crippen MR) is 119 cm³/mol. The standard InChI is InChI=1S/C22H27N3O5S/c1-14(2)23-22(27)18-13-17(9-10-20(18)30-4)31(28,29)24-16-8-7-15(3)19(12-16)25-11-5-6-21(25)26/h7-10,12-14,24H,5-6,11H2,1-4H3,(H,23,27). The van der Waals surface area contributed by atoms with Crippen LogP contribution in [0.5, 0.6) is 5.75 Å². The van der Waals surface area contributed by atoms with Crippen LogP contribution < -0.4 is 19.7 Å². The lowest BCUT2D eigenvalue weighted by Crippen LogP contribution is -2.30. The molecule has 0 saturated carbocycles. The Morgan fingerprint density at radius 2 is 1.90 bits per heavy atom. The molecule has 0 aromatic heterocycles. The Balaban J connectivity index is 1.92. The van der Waals surface area contributed by atoms with Crippen LogP contribution in [0.25, 0.3) is 0 Å². The number of hydrogen-bond donors (Lipinski definition) is 2. The van der Waals surface area contributed by atoms with Gasteiger partial charge in [0.25, 0.3) is 15.9 Å². The summed E-state index contributed by atoms with van der Waals surface area (Å²) in [4.78, 5) is 26.2. The summed E-state index contributed by atoms with van der Waals surface area (Å²) in [6, 6.07) is 9.08. The van der Waals surface area contributed by atoms with Crippen molar-refractivity contribution in [2.75, 3.05) is 23.3 Å². The molecule has 1 aliphatic rings. The molecule has 166 valence electrons. The smallest absolute Gasteiger partial charge is 0.261 e. The molecule has 1 fully saturated rings. The predicted octanol–water partition coefficient (Wildman–Crippen LogP) is 3.07. The summed E-state index contributed by atoms with van der Waals surface area (Å²) in [7, 11) is -2.56. The largest absolute Gasteiger partial charge is 0.496 e. The third kappa shape index (κ3) is 4.99. The summed E-state index contributed by atoms with van der Waals surface area (Å²) in [5.41, 5.74) is 2.04. The topological polar surface area (TPSA) is 105 Å². The second-order valence-electron chi connectivity index (χ2n) is 7.75. The van der Waals surface area contributed by atoms with Crippen molar-refractivity contribution in [2.45, 2.75) is 44.6 Å². The minimum atomic E-state index is -3.98. The van der Waals surface area contributed by atoms with Crippen LogP contribution in [0.1, 0.15) is 42.6 Å². The van der Waals surface area contributed by atoms with Crippen LogP contribution >= 0.6 is 0 Å². The van der Waals surface area contributed by atoms with E-state index in [0.717, 1.165) is 12.0 Å². The van der Waals surface area contributed by atoms with E-state index in [9.17, 15) is 18.0 Å². The van der Waals surface area contributed by atoms with Crippen molar-refractivity contribution in [1.29, 1.82) is 0 Å². The van der Waals surface area contributed by atoms with Crippen LogP contribution in [-0.4, -0.2) is 39.9 Å². The molecule has 8 nitrogen and oxygen atoms in total. The molecule has 0 unspecified atom stereocenters. The third-order valence-corrected chi connectivity index (χ3v) is 6.35. The second-order valence-corrected chi connectivity index (χ2v) is 9.43. The number of sulfonamides is 1. The van der Waals surface area contributed by atoms with Crippen molar-refractivity contribution < 1.29 is 22.7 Å². The number of anilines is 2. The van der Waals surface area contributed by atoms with E-state index in [1.807, 2.05) is 20.8 Å². The van der Waals surface area contributed by atoms with E-state index in [1.54, 1.807) is 23.1 Å². The molecule has 2 aromatic rings. The molecule has 0 spiro atoms. The number of benzene rings is 2. The van der Waals surface area contributed by atoms with Gasteiger partial charge < -0.3 is 15.0 Å². The molecular weight excluding hydrogens is 418 g/mol. The minimum absolute atomic E-state index is 0.0269. The van der Waals surface area contributed by atoms with Crippen molar-refractivity contribution in [3.05, 3.63) is 47.5 Å². The number of rotatable bonds is 7. The number of carbonyl (C=O) groups is 2. The average Bonchev–Trinajstić information content (AvgIpc) is 3.13. The third-order valence-electron chi connectivity index (χ3n) is 4.97. The molecule has 1 saturated heterocycles. The molecule has 0 atom stereocenters. The highest BCUT2D eigenvalue weighted by Crippen LogP contribution is 2.30. The van der Waals surface area contributed by atoms with Crippen molar-refractivity contribution >= 4 is 33.2 Å². The lowest BCUT2D eigenvalue weighted by Gasteiger charge is -2.20. The van der Waals surface area contributed by atoms with Gasteiger partial charge in [0.2, 0.25) is 5.91 Å². The van der Waals surface area contributed by atoms with Gasteiger partial charge in [-0.2, -0.15) is 0 Å². The lowest BCUT2D eigenvalue weighted by atomic mass is 10.1. The summed E-state index contributed by atoms with van der Waals surface area (Å²) in [6.45, 7) is 6.12. The van der Waals surface area contributed by atoms with Gasteiger partial charge in [0.15, 0.2) is 0 Å². The summed E-state index contributed by atoms with van der Waals surface area (Å²) >= 11 is 0. The number of aryl methyl sites for hydroxylation is 1. The SMILES string of the molecule is COc1ccc(S(=O)(=O)Nc2ccc(C)c(N3CCCC3=O)c2)cc1C(=O)NC(C)C. The van der Waals surface area contributed by atoms with Crippen molar-refractivity contribution in [3.8, 4) is 5.75 Å². The Morgan fingerprint density at radius 3 is 2.52 bits per heavy atom. The van der Waals surface area contributed by atoms with Crippen LogP contribution in [-0.2, 0) is 14.8 Å². The van der Waals surface area contributed by atoms with Crippen molar-refractivity contribution in [3.63, 3.8) is 0 Å². The first-order valence-corrected chi connectivity index (χ1v) is 11.5.